The average Bonchev–Trinajstić information content (AvgIpc) is 2.54. The van der Waals surface area contributed by atoms with Gasteiger partial charge in [0.25, 0.3) is 0 Å². The maximum Gasteiger partial charge on any atom is 0.340 e. The molecule has 1 aliphatic rings. The van der Waals surface area contributed by atoms with E-state index in [1.54, 1.807) is 13.0 Å². The first-order valence-corrected chi connectivity index (χ1v) is 8.16. The van der Waals surface area contributed by atoms with Gasteiger partial charge in [-0.2, -0.15) is 5.26 Å². The molecule has 0 spiro atoms. The second-order valence-corrected chi connectivity index (χ2v) is 5.76. The summed E-state index contributed by atoms with van der Waals surface area (Å²) in [5.41, 5.74) is 6.96. The van der Waals surface area contributed by atoms with Crippen LogP contribution in [-0.4, -0.2) is 18.5 Å². The Bertz CT molecular complexity index is 737. The van der Waals surface area contributed by atoms with Crippen molar-refractivity contribution in [2.24, 2.45) is 5.73 Å². The Morgan fingerprint density at radius 3 is 2.78 bits per heavy atom. The van der Waals surface area contributed by atoms with Gasteiger partial charge in [0.1, 0.15) is 11.3 Å². The molecular formula is C16H14BrClN2O3. The van der Waals surface area contributed by atoms with E-state index >= 15 is 0 Å². The molecule has 0 saturated carbocycles. The molecule has 1 heterocycles. The minimum Gasteiger partial charge on any atom is -0.462 e. The lowest BCUT2D eigenvalue weighted by Crippen LogP contribution is -2.27. The Balaban J connectivity index is 2.67. The van der Waals surface area contributed by atoms with Crippen molar-refractivity contribution in [1.82, 2.24) is 0 Å². The summed E-state index contributed by atoms with van der Waals surface area (Å²) in [6, 6.07) is 9.34. The van der Waals surface area contributed by atoms with E-state index in [-0.39, 0.29) is 35.3 Å². The Kier molecular flexibility index (Phi) is 5.69. The molecule has 0 bridgehead atoms. The fourth-order valence-electron chi connectivity index (χ4n) is 2.36. The Morgan fingerprint density at radius 1 is 1.52 bits per heavy atom. The van der Waals surface area contributed by atoms with Gasteiger partial charge in [0, 0.05) is 4.47 Å². The van der Waals surface area contributed by atoms with Crippen LogP contribution in [0, 0.1) is 11.3 Å². The van der Waals surface area contributed by atoms with E-state index in [2.05, 4.69) is 22.0 Å². The van der Waals surface area contributed by atoms with Crippen LogP contribution in [-0.2, 0) is 14.3 Å². The SMILES string of the molecule is CCOC(=O)C1=C(N)OC(CCl)=C(C#N)[C@H]1c1ccccc1Br. The lowest BCUT2D eigenvalue weighted by atomic mass is 9.83. The van der Waals surface area contributed by atoms with E-state index in [9.17, 15) is 10.1 Å². The molecular weight excluding hydrogens is 384 g/mol. The summed E-state index contributed by atoms with van der Waals surface area (Å²) in [7, 11) is 0. The zero-order chi connectivity index (χ0) is 17.0. The summed E-state index contributed by atoms with van der Waals surface area (Å²) in [5.74, 6) is -1.20. The number of hydrogen-bond donors (Lipinski definition) is 1. The minimum atomic E-state index is -0.697. The highest BCUT2D eigenvalue weighted by Gasteiger charge is 2.38. The molecule has 0 aromatic heterocycles. The number of nitrogens with zero attached hydrogens (tertiary/aromatic N) is 1. The summed E-state index contributed by atoms with van der Waals surface area (Å²) in [6.07, 6.45) is 0. The Morgan fingerprint density at radius 2 is 2.22 bits per heavy atom. The molecule has 23 heavy (non-hydrogen) atoms. The van der Waals surface area contributed by atoms with Crippen molar-refractivity contribution in [2.75, 3.05) is 12.5 Å². The van der Waals surface area contributed by atoms with Crippen molar-refractivity contribution in [3.8, 4) is 6.07 Å². The molecule has 0 radical (unpaired) electrons. The first-order chi connectivity index (χ1) is 11.0. The first-order valence-electron chi connectivity index (χ1n) is 6.83. The summed E-state index contributed by atoms with van der Waals surface area (Å²) in [4.78, 5) is 12.3. The zero-order valence-electron chi connectivity index (χ0n) is 12.3. The normalized spacial score (nSPS) is 17.6. The highest BCUT2D eigenvalue weighted by Crippen LogP contribution is 2.42. The second-order valence-electron chi connectivity index (χ2n) is 4.64. The van der Waals surface area contributed by atoms with Crippen molar-refractivity contribution in [1.29, 1.82) is 5.26 Å². The van der Waals surface area contributed by atoms with Crippen molar-refractivity contribution in [3.05, 3.63) is 57.1 Å². The van der Waals surface area contributed by atoms with Crippen LogP contribution in [0.25, 0.3) is 0 Å². The molecule has 2 rings (SSSR count). The summed E-state index contributed by atoms with van der Waals surface area (Å²) < 4.78 is 11.2. The minimum absolute atomic E-state index is 0.0271. The third-order valence-electron chi connectivity index (χ3n) is 3.33. The van der Waals surface area contributed by atoms with Crippen molar-refractivity contribution >= 4 is 33.5 Å². The third kappa shape index (κ3) is 3.36. The smallest absolute Gasteiger partial charge is 0.340 e. The molecule has 0 unspecified atom stereocenters. The van der Waals surface area contributed by atoms with E-state index < -0.39 is 11.9 Å². The number of esters is 1. The average molecular weight is 398 g/mol. The van der Waals surface area contributed by atoms with E-state index in [1.807, 2.05) is 18.2 Å². The molecule has 0 fully saturated rings. The Labute approximate surface area is 147 Å². The predicted octanol–water partition coefficient (Wildman–Crippen LogP) is 3.31. The van der Waals surface area contributed by atoms with E-state index in [4.69, 9.17) is 26.8 Å². The van der Waals surface area contributed by atoms with Gasteiger partial charge in [-0.05, 0) is 18.6 Å². The molecule has 0 saturated heterocycles. The number of hydrogen-bond acceptors (Lipinski definition) is 5. The summed E-state index contributed by atoms with van der Waals surface area (Å²) in [6.45, 7) is 1.88. The molecule has 7 heteroatoms. The first kappa shape index (κ1) is 17.4. The van der Waals surface area contributed by atoms with Crippen LogP contribution in [0.2, 0.25) is 0 Å². The van der Waals surface area contributed by atoms with Gasteiger partial charge >= 0.3 is 5.97 Å². The number of alkyl halides is 1. The quantitative estimate of drug-likeness (QED) is 0.622. The number of carbonyl (C=O) groups is 1. The number of ether oxygens (including phenoxy) is 2. The van der Waals surface area contributed by atoms with Gasteiger partial charge in [-0.3, -0.25) is 0 Å². The van der Waals surface area contributed by atoms with Gasteiger partial charge in [0.2, 0.25) is 5.88 Å². The van der Waals surface area contributed by atoms with Gasteiger partial charge in [-0.1, -0.05) is 34.1 Å². The van der Waals surface area contributed by atoms with Crippen LogP contribution in [0.4, 0.5) is 0 Å². The van der Waals surface area contributed by atoms with E-state index in [0.717, 1.165) is 4.47 Å². The van der Waals surface area contributed by atoms with Crippen LogP contribution < -0.4 is 5.73 Å². The molecule has 1 aromatic rings. The standard InChI is InChI=1S/C16H14BrClN2O3/c1-2-22-16(21)14-13(9-5-3-4-6-11(9)17)10(8-19)12(7-18)23-15(14)20/h3-6,13H,2,7,20H2,1H3/t13-/m1/s1. The van der Waals surface area contributed by atoms with E-state index in [1.165, 1.54) is 0 Å². The number of allylic oxidation sites excluding steroid dienone is 2. The van der Waals surface area contributed by atoms with Gasteiger partial charge in [-0.25, -0.2) is 4.79 Å². The number of nitriles is 1. The fourth-order valence-corrected chi connectivity index (χ4v) is 3.08. The van der Waals surface area contributed by atoms with Gasteiger partial charge in [0.05, 0.1) is 30.0 Å². The summed E-state index contributed by atoms with van der Waals surface area (Å²) in [5, 5.41) is 9.55. The molecule has 5 nitrogen and oxygen atoms in total. The van der Waals surface area contributed by atoms with Gasteiger partial charge in [-0.15, -0.1) is 11.6 Å². The number of nitrogens with two attached hydrogens (primary N) is 1. The number of rotatable bonds is 4. The number of benzene rings is 1. The largest absolute Gasteiger partial charge is 0.462 e. The number of halogens is 2. The van der Waals surface area contributed by atoms with Crippen molar-refractivity contribution in [3.63, 3.8) is 0 Å². The maximum absolute atomic E-state index is 12.3. The van der Waals surface area contributed by atoms with Gasteiger partial charge < -0.3 is 15.2 Å². The molecule has 1 aromatic carbocycles. The topological polar surface area (TPSA) is 85.3 Å². The predicted molar refractivity (Wildman–Crippen MR) is 89.2 cm³/mol. The molecule has 1 atom stereocenters. The third-order valence-corrected chi connectivity index (χ3v) is 4.29. The lowest BCUT2D eigenvalue weighted by molar-refractivity contribution is -0.139. The van der Waals surface area contributed by atoms with Crippen LogP contribution in [0.1, 0.15) is 18.4 Å². The highest BCUT2D eigenvalue weighted by atomic mass is 79.9. The molecule has 0 aliphatic carbocycles. The van der Waals surface area contributed by atoms with Crippen molar-refractivity contribution in [2.45, 2.75) is 12.8 Å². The summed E-state index contributed by atoms with van der Waals surface area (Å²) >= 11 is 9.30. The van der Waals surface area contributed by atoms with Crippen molar-refractivity contribution < 1.29 is 14.3 Å². The molecule has 2 N–H and O–H groups in total. The van der Waals surface area contributed by atoms with E-state index in [0.29, 0.717) is 5.56 Å². The Hall–Kier alpha value is -1.97. The van der Waals surface area contributed by atoms with Crippen LogP contribution in [0.3, 0.4) is 0 Å². The molecule has 1 aliphatic heterocycles. The van der Waals surface area contributed by atoms with Gasteiger partial charge in [0.15, 0.2) is 0 Å². The second kappa shape index (κ2) is 7.53. The zero-order valence-corrected chi connectivity index (χ0v) is 14.6. The highest BCUT2D eigenvalue weighted by molar-refractivity contribution is 9.10. The van der Waals surface area contributed by atoms with Crippen LogP contribution in [0.5, 0.6) is 0 Å². The van der Waals surface area contributed by atoms with Crippen LogP contribution >= 0.6 is 27.5 Å². The lowest BCUT2D eigenvalue weighted by Gasteiger charge is -2.27. The van der Waals surface area contributed by atoms with Crippen LogP contribution in [0.15, 0.2) is 51.5 Å². The fraction of sp³-hybridized carbons (Fsp3) is 0.250. The molecule has 0 amide bonds. The number of carbonyl (C=O) groups excluding carboxylic acids is 1. The maximum atomic E-state index is 12.3. The molecule has 120 valence electrons. The monoisotopic (exact) mass is 396 g/mol.